The first-order chi connectivity index (χ1) is 18.6. The number of aryl methyl sites for hydroxylation is 2. The quantitative estimate of drug-likeness (QED) is 0.138. The zero-order valence-corrected chi connectivity index (χ0v) is 26.0. The van der Waals surface area contributed by atoms with Crippen LogP contribution in [0.15, 0.2) is 60.7 Å². The second-order valence-corrected chi connectivity index (χ2v) is 12.7. The Morgan fingerprint density at radius 2 is 1.27 bits per heavy atom. The fourth-order valence-corrected chi connectivity index (χ4v) is 4.92. The number of ether oxygens (including phenoxy) is 2. The number of carbonyl (C=O) groups is 2. The summed E-state index contributed by atoms with van der Waals surface area (Å²) in [5.41, 5.74) is 4.23. The molecule has 0 atom stereocenters. The van der Waals surface area contributed by atoms with E-state index < -0.39 is 11.4 Å². The minimum Gasteiger partial charge on any atom is -0.488 e. The number of ketones is 1. The van der Waals surface area contributed by atoms with Gasteiger partial charge in [-0.25, -0.2) is 4.79 Å². The largest absolute Gasteiger partial charge is 0.488 e. The first-order valence-corrected chi connectivity index (χ1v) is 14.4. The van der Waals surface area contributed by atoms with Crippen molar-refractivity contribution >= 4 is 11.8 Å². The highest BCUT2D eigenvalue weighted by molar-refractivity contribution is 6.02. The normalized spacial score (nSPS) is 12.2. The second kappa shape index (κ2) is 12.0. The molecule has 0 aliphatic rings. The first kappa shape index (κ1) is 31.1. The van der Waals surface area contributed by atoms with Crippen LogP contribution in [-0.2, 0) is 5.41 Å². The molecule has 3 aromatic carbocycles. The fraction of sp³-hybridized carbons (Fsp3) is 0.444. The number of hydrogen-bond donors (Lipinski definition) is 0. The van der Waals surface area contributed by atoms with Crippen molar-refractivity contribution in [2.24, 2.45) is 5.41 Å². The molecular weight excluding hydrogens is 496 g/mol. The number of hydrogen-bond acceptors (Lipinski definition) is 4. The van der Waals surface area contributed by atoms with Crippen molar-refractivity contribution in [3.63, 3.8) is 0 Å². The molecule has 0 unspecified atom stereocenters. The lowest BCUT2D eigenvalue weighted by atomic mass is 9.77. The average molecular weight is 543 g/mol. The van der Waals surface area contributed by atoms with Crippen LogP contribution in [0.5, 0.6) is 11.5 Å². The van der Waals surface area contributed by atoms with Gasteiger partial charge in [-0.05, 0) is 87.1 Å². The van der Waals surface area contributed by atoms with Crippen molar-refractivity contribution in [2.45, 2.75) is 99.5 Å². The number of rotatable bonds is 11. The van der Waals surface area contributed by atoms with Crippen molar-refractivity contribution < 1.29 is 19.1 Å². The third kappa shape index (κ3) is 7.02. The molecule has 40 heavy (non-hydrogen) atoms. The Morgan fingerprint density at radius 1 is 0.725 bits per heavy atom. The predicted molar refractivity (Wildman–Crippen MR) is 164 cm³/mol. The average Bonchev–Trinajstić information content (AvgIpc) is 2.90. The Labute approximate surface area is 241 Å². The highest BCUT2D eigenvalue weighted by atomic mass is 16.5. The van der Waals surface area contributed by atoms with Gasteiger partial charge in [-0.2, -0.15) is 0 Å². The van der Waals surface area contributed by atoms with E-state index in [0.717, 1.165) is 41.7 Å². The van der Waals surface area contributed by atoms with Crippen LogP contribution in [0.4, 0.5) is 0 Å². The fourth-order valence-electron chi connectivity index (χ4n) is 4.92. The molecule has 0 aliphatic heterocycles. The number of esters is 1. The number of benzene rings is 3. The lowest BCUT2D eigenvalue weighted by molar-refractivity contribution is 0.0733. The summed E-state index contributed by atoms with van der Waals surface area (Å²) >= 11 is 0. The van der Waals surface area contributed by atoms with Crippen molar-refractivity contribution in [3.8, 4) is 11.5 Å². The van der Waals surface area contributed by atoms with Gasteiger partial charge >= 0.3 is 5.97 Å². The van der Waals surface area contributed by atoms with Crippen LogP contribution in [0.25, 0.3) is 0 Å². The van der Waals surface area contributed by atoms with Gasteiger partial charge in [-0.1, -0.05) is 84.4 Å². The minimum absolute atomic E-state index is 0.0377. The highest BCUT2D eigenvalue weighted by Gasteiger charge is 2.29. The third-order valence-electron chi connectivity index (χ3n) is 8.08. The van der Waals surface area contributed by atoms with Crippen LogP contribution in [-0.4, -0.2) is 17.4 Å². The first-order valence-electron chi connectivity index (χ1n) is 14.4. The van der Waals surface area contributed by atoms with E-state index in [1.165, 1.54) is 5.56 Å². The molecule has 0 bridgehead atoms. The van der Waals surface area contributed by atoms with E-state index >= 15 is 0 Å². The van der Waals surface area contributed by atoms with Crippen LogP contribution < -0.4 is 9.47 Å². The summed E-state index contributed by atoms with van der Waals surface area (Å²) in [5, 5.41) is 0. The zero-order valence-electron chi connectivity index (χ0n) is 26.0. The van der Waals surface area contributed by atoms with Crippen molar-refractivity contribution in [2.75, 3.05) is 0 Å². The van der Waals surface area contributed by atoms with Gasteiger partial charge in [-0.15, -0.1) is 0 Å². The van der Waals surface area contributed by atoms with Gasteiger partial charge in [0.25, 0.3) is 0 Å². The molecular formula is C36H46O4. The molecule has 0 radical (unpaired) electrons. The van der Waals surface area contributed by atoms with E-state index in [1.807, 2.05) is 32.9 Å². The van der Waals surface area contributed by atoms with E-state index in [9.17, 15) is 9.59 Å². The highest BCUT2D eigenvalue weighted by Crippen LogP contribution is 2.37. The molecule has 0 aliphatic carbocycles. The van der Waals surface area contributed by atoms with Crippen LogP contribution in [0.1, 0.15) is 118 Å². The van der Waals surface area contributed by atoms with Crippen molar-refractivity contribution in [1.29, 1.82) is 0 Å². The molecule has 0 saturated heterocycles. The van der Waals surface area contributed by atoms with Crippen molar-refractivity contribution in [3.05, 3.63) is 94.0 Å². The Morgan fingerprint density at radius 3 is 1.80 bits per heavy atom. The summed E-state index contributed by atoms with van der Waals surface area (Å²) in [5.74, 6) is 0.980. The number of carbonyl (C=O) groups excluding carboxylic acids is 2. The molecule has 0 spiro atoms. The van der Waals surface area contributed by atoms with E-state index in [2.05, 4.69) is 72.7 Å². The van der Waals surface area contributed by atoms with Crippen LogP contribution >= 0.6 is 0 Å². The summed E-state index contributed by atoms with van der Waals surface area (Å²) in [6.07, 6.45) is 2.64. The summed E-state index contributed by atoms with van der Waals surface area (Å²) in [6, 6.07) is 19.2. The molecule has 4 heteroatoms. The molecule has 0 amide bonds. The Hall–Kier alpha value is -3.40. The van der Waals surface area contributed by atoms with Gasteiger partial charge in [0, 0.05) is 16.4 Å². The van der Waals surface area contributed by atoms with Gasteiger partial charge in [0.15, 0.2) is 5.78 Å². The minimum atomic E-state index is -0.478. The van der Waals surface area contributed by atoms with E-state index in [4.69, 9.17) is 9.47 Å². The maximum atomic E-state index is 13.1. The van der Waals surface area contributed by atoms with Crippen LogP contribution in [0.2, 0.25) is 0 Å². The van der Waals surface area contributed by atoms with Crippen LogP contribution in [0.3, 0.4) is 0 Å². The van der Waals surface area contributed by atoms with E-state index in [-0.39, 0.29) is 16.8 Å². The zero-order chi connectivity index (χ0) is 29.9. The smallest absolute Gasteiger partial charge is 0.343 e. The molecule has 0 N–H and O–H groups in total. The molecule has 3 aromatic rings. The molecule has 214 valence electrons. The van der Waals surface area contributed by atoms with Gasteiger partial charge in [-0.3, -0.25) is 4.79 Å². The molecule has 3 rings (SSSR count). The van der Waals surface area contributed by atoms with Crippen molar-refractivity contribution in [1.82, 2.24) is 0 Å². The topological polar surface area (TPSA) is 52.6 Å². The summed E-state index contributed by atoms with van der Waals surface area (Å²) in [6.45, 7) is 20.7. The molecule has 0 saturated carbocycles. The Balaban J connectivity index is 1.81. The predicted octanol–water partition coefficient (Wildman–Crippen LogP) is 9.42. The standard InChI is InChI=1S/C36H46O4/c1-11-20-34(5,6)32(37)26-14-13-15-27(23-26)33(38)39-30-18-16-28(21-24(30)3)36(9,10)29-17-19-31(25(4)22-29)40-35(7,8)12-2/h13-19,21-23H,11-12,20H2,1-10H3. The lowest BCUT2D eigenvalue weighted by Gasteiger charge is -2.29. The maximum absolute atomic E-state index is 13.1. The van der Waals surface area contributed by atoms with Gasteiger partial charge in [0.2, 0.25) is 0 Å². The summed E-state index contributed by atoms with van der Waals surface area (Å²) in [7, 11) is 0. The SMILES string of the molecule is CCCC(C)(C)C(=O)c1cccc(C(=O)Oc2ccc(C(C)(C)c3ccc(OC(C)(C)CC)c(C)c3)cc2C)c1. The van der Waals surface area contributed by atoms with E-state index in [1.54, 1.807) is 24.3 Å². The molecule has 4 nitrogen and oxygen atoms in total. The number of Topliss-reactive ketones (excluding diaryl/α,β-unsaturated/α-hetero) is 1. The Kier molecular flexibility index (Phi) is 9.34. The molecule has 0 heterocycles. The van der Waals surface area contributed by atoms with Gasteiger partial charge in [0.05, 0.1) is 5.56 Å². The van der Waals surface area contributed by atoms with Crippen LogP contribution in [0, 0.1) is 19.3 Å². The summed E-state index contributed by atoms with van der Waals surface area (Å²) in [4.78, 5) is 26.1. The van der Waals surface area contributed by atoms with E-state index in [0.29, 0.717) is 16.9 Å². The van der Waals surface area contributed by atoms with Gasteiger partial charge in [0.1, 0.15) is 17.1 Å². The summed E-state index contributed by atoms with van der Waals surface area (Å²) < 4.78 is 12.0. The maximum Gasteiger partial charge on any atom is 0.343 e. The third-order valence-corrected chi connectivity index (χ3v) is 8.08. The Bertz CT molecular complexity index is 1380. The monoisotopic (exact) mass is 542 g/mol. The lowest BCUT2D eigenvalue weighted by Crippen LogP contribution is -2.27. The second-order valence-electron chi connectivity index (χ2n) is 12.7. The molecule has 0 aromatic heterocycles. The van der Waals surface area contributed by atoms with Gasteiger partial charge < -0.3 is 9.47 Å². The molecule has 0 fully saturated rings.